The van der Waals surface area contributed by atoms with E-state index in [9.17, 15) is 4.79 Å². The second-order valence-electron chi connectivity index (χ2n) is 3.99. The van der Waals surface area contributed by atoms with Crippen LogP contribution in [0.1, 0.15) is 22.2 Å². The molecule has 2 aromatic carbocycles. The lowest BCUT2D eigenvalue weighted by molar-refractivity contribution is -0.0423. The zero-order valence-corrected chi connectivity index (χ0v) is 10.5. The number of carboxylic acid groups (broad SMARTS) is 1. The lowest BCUT2D eigenvalue weighted by atomic mass is 10.0. The highest BCUT2D eigenvalue weighted by Gasteiger charge is 2.09. The number of carbonyl (C=O) groups is 1. The second kappa shape index (κ2) is 5.40. The van der Waals surface area contributed by atoms with Gasteiger partial charge < -0.3 is 15.3 Å². The van der Waals surface area contributed by atoms with Gasteiger partial charge in [-0.05, 0) is 29.3 Å². The van der Waals surface area contributed by atoms with E-state index in [0.29, 0.717) is 0 Å². The van der Waals surface area contributed by atoms with E-state index in [1.54, 1.807) is 24.3 Å². The first-order chi connectivity index (χ1) is 8.99. The van der Waals surface area contributed by atoms with Crippen LogP contribution >= 0.6 is 11.6 Å². The SMILES string of the molecule is O=C(O)c1ccc(-c2ccc(C(O)O)c(Cl)c2)cc1. The summed E-state index contributed by atoms with van der Waals surface area (Å²) in [6, 6.07) is 11.2. The van der Waals surface area contributed by atoms with E-state index in [1.807, 2.05) is 0 Å². The van der Waals surface area contributed by atoms with Gasteiger partial charge in [0, 0.05) is 10.6 Å². The number of rotatable bonds is 3. The van der Waals surface area contributed by atoms with Gasteiger partial charge >= 0.3 is 5.97 Å². The molecule has 0 bridgehead atoms. The first-order valence-electron chi connectivity index (χ1n) is 5.48. The highest BCUT2D eigenvalue weighted by atomic mass is 35.5. The zero-order chi connectivity index (χ0) is 14.0. The van der Waals surface area contributed by atoms with Crippen LogP contribution in [-0.4, -0.2) is 21.3 Å². The number of aliphatic hydroxyl groups is 2. The molecular formula is C14H11ClO4. The van der Waals surface area contributed by atoms with Gasteiger partial charge in [-0.25, -0.2) is 4.79 Å². The van der Waals surface area contributed by atoms with E-state index in [1.165, 1.54) is 18.2 Å². The van der Waals surface area contributed by atoms with Crippen LogP contribution in [0.4, 0.5) is 0 Å². The van der Waals surface area contributed by atoms with Crippen molar-refractivity contribution in [2.45, 2.75) is 6.29 Å². The van der Waals surface area contributed by atoms with Gasteiger partial charge in [-0.15, -0.1) is 0 Å². The summed E-state index contributed by atoms with van der Waals surface area (Å²) in [6.45, 7) is 0. The summed E-state index contributed by atoms with van der Waals surface area (Å²) in [7, 11) is 0. The van der Waals surface area contributed by atoms with Gasteiger partial charge in [0.15, 0.2) is 6.29 Å². The van der Waals surface area contributed by atoms with Crippen molar-refractivity contribution in [1.29, 1.82) is 0 Å². The standard InChI is InChI=1S/C14H11ClO4/c15-12-7-10(5-6-11(12)14(18)19)8-1-3-9(4-2-8)13(16)17/h1-7,14,18-19H,(H,16,17). The lowest BCUT2D eigenvalue weighted by Gasteiger charge is -2.09. The fourth-order valence-electron chi connectivity index (χ4n) is 1.72. The fraction of sp³-hybridized carbons (Fsp3) is 0.0714. The summed E-state index contributed by atoms with van der Waals surface area (Å²) in [6.07, 6.45) is -1.61. The van der Waals surface area contributed by atoms with Crippen LogP contribution in [-0.2, 0) is 0 Å². The van der Waals surface area contributed by atoms with Gasteiger partial charge in [0.2, 0.25) is 0 Å². The maximum Gasteiger partial charge on any atom is 0.335 e. The third kappa shape index (κ3) is 2.93. The highest BCUT2D eigenvalue weighted by Crippen LogP contribution is 2.28. The second-order valence-corrected chi connectivity index (χ2v) is 4.40. The molecule has 5 heteroatoms. The minimum absolute atomic E-state index is 0.206. The Morgan fingerprint density at radius 2 is 1.58 bits per heavy atom. The van der Waals surface area contributed by atoms with E-state index < -0.39 is 12.3 Å². The predicted molar refractivity (Wildman–Crippen MR) is 71.0 cm³/mol. The number of benzene rings is 2. The van der Waals surface area contributed by atoms with Crippen molar-refractivity contribution in [2.75, 3.05) is 0 Å². The number of hydrogen-bond donors (Lipinski definition) is 3. The summed E-state index contributed by atoms with van der Waals surface area (Å²) in [4.78, 5) is 10.7. The Bertz CT molecular complexity index is 605. The Hall–Kier alpha value is -1.88. The molecule has 0 saturated carbocycles. The molecule has 0 heterocycles. The van der Waals surface area contributed by atoms with Crippen molar-refractivity contribution >= 4 is 17.6 Å². The number of halogens is 1. The van der Waals surface area contributed by atoms with Gasteiger partial charge in [-0.1, -0.05) is 35.9 Å². The Labute approximate surface area is 114 Å². The van der Waals surface area contributed by atoms with Crippen LogP contribution < -0.4 is 0 Å². The summed E-state index contributed by atoms with van der Waals surface area (Å²) in [5.41, 5.74) is 2.00. The minimum atomic E-state index is -1.61. The molecule has 0 unspecified atom stereocenters. The summed E-state index contributed by atoms with van der Waals surface area (Å²) < 4.78 is 0. The molecular weight excluding hydrogens is 268 g/mol. The monoisotopic (exact) mass is 278 g/mol. The molecule has 3 N–H and O–H groups in total. The van der Waals surface area contributed by atoms with Crippen molar-refractivity contribution < 1.29 is 20.1 Å². The largest absolute Gasteiger partial charge is 0.478 e. The Kier molecular flexibility index (Phi) is 3.85. The van der Waals surface area contributed by atoms with Gasteiger partial charge in [0.1, 0.15) is 0 Å². The van der Waals surface area contributed by atoms with Gasteiger partial charge in [0.25, 0.3) is 0 Å². The molecule has 2 rings (SSSR count). The third-order valence-electron chi connectivity index (χ3n) is 2.74. The molecule has 0 aliphatic carbocycles. The molecule has 98 valence electrons. The molecule has 0 spiro atoms. The Morgan fingerprint density at radius 3 is 2.05 bits per heavy atom. The molecule has 0 radical (unpaired) electrons. The number of hydrogen-bond acceptors (Lipinski definition) is 3. The van der Waals surface area contributed by atoms with E-state index >= 15 is 0 Å². The van der Waals surface area contributed by atoms with Crippen molar-refractivity contribution in [1.82, 2.24) is 0 Å². The molecule has 4 nitrogen and oxygen atoms in total. The van der Waals surface area contributed by atoms with Gasteiger partial charge in [0.05, 0.1) is 5.56 Å². The summed E-state index contributed by atoms with van der Waals surface area (Å²) in [5, 5.41) is 27.2. The first-order valence-corrected chi connectivity index (χ1v) is 5.86. The van der Waals surface area contributed by atoms with E-state index in [2.05, 4.69) is 0 Å². The van der Waals surface area contributed by atoms with Gasteiger partial charge in [-0.2, -0.15) is 0 Å². The molecule has 0 saturated heterocycles. The Balaban J connectivity index is 2.37. The average molecular weight is 279 g/mol. The van der Waals surface area contributed by atoms with Crippen LogP contribution in [0, 0.1) is 0 Å². The molecule has 0 aliphatic rings. The van der Waals surface area contributed by atoms with Gasteiger partial charge in [-0.3, -0.25) is 0 Å². The van der Waals surface area contributed by atoms with Crippen molar-refractivity contribution in [3.8, 4) is 11.1 Å². The van der Waals surface area contributed by atoms with Crippen LogP contribution in [0.15, 0.2) is 42.5 Å². The predicted octanol–water partition coefficient (Wildman–Crippen LogP) is 2.69. The maximum atomic E-state index is 10.7. The molecule has 0 atom stereocenters. The fourth-order valence-corrected chi connectivity index (χ4v) is 2.00. The van der Waals surface area contributed by atoms with Crippen LogP contribution in [0.5, 0.6) is 0 Å². The third-order valence-corrected chi connectivity index (χ3v) is 3.07. The van der Waals surface area contributed by atoms with Crippen molar-refractivity contribution in [3.05, 3.63) is 58.6 Å². The summed E-state index contributed by atoms with van der Waals surface area (Å²) in [5.74, 6) is -0.983. The minimum Gasteiger partial charge on any atom is -0.478 e. The van der Waals surface area contributed by atoms with E-state index in [0.717, 1.165) is 11.1 Å². The highest BCUT2D eigenvalue weighted by molar-refractivity contribution is 6.31. The van der Waals surface area contributed by atoms with Crippen molar-refractivity contribution in [2.24, 2.45) is 0 Å². The van der Waals surface area contributed by atoms with E-state index in [-0.39, 0.29) is 16.1 Å². The normalized spacial score (nSPS) is 10.7. The lowest BCUT2D eigenvalue weighted by Crippen LogP contribution is -1.96. The molecule has 19 heavy (non-hydrogen) atoms. The number of aromatic carboxylic acids is 1. The number of carboxylic acids is 1. The molecule has 0 fully saturated rings. The van der Waals surface area contributed by atoms with Crippen molar-refractivity contribution in [3.63, 3.8) is 0 Å². The summed E-state index contributed by atoms with van der Waals surface area (Å²) >= 11 is 5.94. The van der Waals surface area contributed by atoms with Crippen LogP contribution in [0.2, 0.25) is 5.02 Å². The first kappa shape index (κ1) is 13.5. The van der Waals surface area contributed by atoms with E-state index in [4.69, 9.17) is 26.9 Å². The van der Waals surface area contributed by atoms with Crippen LogP contribution in [0.25, 0.3) is 11.1 Å². The molecule has 0 aliphatic heterocycles. The smallest absolute Gasteiger partial charge is 0.335 e. The molecule has 2 aromatic rings. The Morgan fingerprint density at radius 1 is 1.00 bits per heavy atom. The molecule has 0 amide bonds. The number of aliphatic hydroxyl groups excluding tert-OH is 1. The zero-order valence-electron chi connectivity index (χ0n) is 9.75. The molecule has 0 aromatic heterocycles. The average Bonchev–Trinajstić information content (AvgIpc) is 2.38. The van der Waals surface area contributed by atoms with Crippen LogP contribution in [0.3, 0.4) is 0 Å². The maximum absolute atomic E-state index is 10.7. The topological polar surface area (TPSA) is 77.8 Å². The quantitative estimate of drug-likeness (QED) is 0.754.